The summed E-state index contributed by atoms with van der Waals surface area (Å²) in [6.07, 6.45) is 0.839. The number of Topliss-reactive ketones (excluding diaryl/α,β-unsaturated/α-hetero) is 1. The molecular weight excluding hydrogens is 275 g/mol. The first kappa shape index (κ1) is 15.3. The van der Waals surface area contributed by atoms with E-state index in [-0.39, 0.29) is 36.0 Å². The molecule has 1 atom stereocenters. The lowest BCUT2D eigenvalue weighted by molar-refractivity contribution is -0.139. The van der Waals surface area contributed by atoms with E-state index in [0.717, 1.165) is 0 Å². The Kier molecular flexibility index (Phi) is 4.80. The van der Waals surface area contributed by atoms with E-state index in [1.54, 1.807) is 11.8 Å². The van der Waals surface area contributed by atoms with Gasteiger partial charge in [0.1, 0.15) is 5.82 Å². The molecule has 6 heteroatoms. The fourth-order valence-corrected chi connectivity index (χ4v) is 2.26. The maximum absolute atomic E-state index is 12.8. The highest BCUT2D eigenvalue weighted by atomic mass is 19.1. The zero-order valence-electron chi connectivity index (χ0n) is 11.8. The van der Waals surface area contributed by atoms with E-state index in [1.165, 1.54) is 24.3 Å². The van der Waals surface area contributed by atoms with Crippen LogP contribution in [-0.2, 0) is 9.59 Å². The first-order chi connectivity index (χ1) is 9.97. The second kappa shape index (κ2) is 6.58. The number of ketones is 1. The lowest BCUT2D eigenvalue weighted by Gasteiger charge is -2.31. The van der Waals surface area contributed by atoms with Crippen molar-refractivity contribution in [2.24, 2.45) is 0 Å². The van der Waals surface area contributed by atoms with Crippen LogP contribution in [0.15, 0.2) is 24.3 Å². The Bertz CT molecular complexity index is 557. The lowest BCUT2D eigenvalue weighted by atomic mass is 10.1. The summed E-state index contributed by atoms with van der Waals surface area (Å²) >= 11 is 0. The van der Waals surface area contributed by atoms with Crippen molar-refractivity contribution >= 4 is 17.6 Å². The molecule has 2 rings (SSSR count). The molecule has 0 radical (unpaired) electrons. The molecule has 1 N–H and O–H groups in total. The Balaban J connectivity index is 1.83. The van der Waals surface area contributed by atoms with Crippen molar-refractivity contribution in [1.82, 2.24) is 10.2 Å². The highest BCUT2D eigenvalue weighted by Gasteiger charge is 2.29. The molecule has 1 unspecified atom stereocenters. The third-order valence-electron chi connectivity index (χ3n) is 3.55. The molecule has 0 aromatic heterocycles. The molecule has 1 saturated heterocycles. The standard InChI is InChI=1S/C15H17FN2O3/c1-10-15(21)17-14(20)9-18(10)8-2-3-13(19)11-4-6-12(16)7-5-11/h4-7,10H,2-3,8-9H2,1H3,(H,17,20,21). The summed E-state index contributed by atoms with van der Waals surface area (Å²) in [6.45, 7) is 2.38. The van der Waals surface area contributed by atoms with Gasteiger partial charge in [-0.25, -0.2) is 4.39 Å². The second-order valence-electron chi connectivity index (χ2n) is 5.09. The van der Waals surface area contributed by atoms with Gasteiger partial charge in [0.15, 0.2) is 5.78 Å². The number of piperazine rings is 1. The van der Waals surface area contributed by atoms with Gasteiger partial charge in [-0.15, -0.1) is 0 Å². The quantitative estimate of drug-likeness (QED) is 0.653. The Morgan fingerprint density at radius 3 is 2.67 bits per heavy atom. The monoisotopic (exact) mass is 292 g/mol. The van der Waals surface area contributed by atoms with Gasteiger partial charge in [0, 0.05) is 12.0 Å². The minimum atomic E-state index is -0.377. The number of benzene rings is 1. The maximum atomic E-state index is 12.8. The predicted octanol–water partition coefficient (Wildman–Crippen LogP) is 1.14. The minimum Gasteiger partial charge on any atom is -0.294 e. The summed E-state index contributed by atoms with van der Waals surface area (Å²) in [5.74, 6) is -1.08. The van der Waals surface area contributed by atoms with Crippen LogP contribution in [0.1, 0.15) is 30.1 Å². The van der Waals surface area contributed by atoms with E-state index in [1.807, 2.05) is 0 Å². The molecule has 112 valence electrons. The van der Waals surface area contributed by atoms with E-state index in [2.05, 4.69) is 5.32 Å². The van der Waals surface area contributed by atoms with Gasteiger partial charge in [0.25, 0.3) is 0 Å². The Morgan fingerprint density at radius 2 is 2.00 bits per heavy atom. The lowest BCUT2D eigenvalue weighted by Crippen LogP contribution is -2.56. The second-order valence-corrected chi connectivity index (χ2v) is 5.09. The van der Waals surface area contributed by atoms with Crippen LogP contribution in [0, 0.1) is 5.82 Å². The Hall–Kier alpha value is -2.08. The van der Waals surface area contributed by atoms with Crippen molar-refractivity contribution in [1.29, 1.82) is 0 Å². The van der Waals surface area contributed by atoms with Gasteiger partial charge in [-0.05, 0) is 44.2 Å². The molecule has 1 fully saturated rings. The zero-order valence-corrected chi connectivity index (χ0v) is 11.8. The van der Waals surface area contributed by atoms with Crippen LogP contribution in [0.2, 0.25) is 0 Å². The molecule has 1 aliphatic rings. The van der Waals surface area contributed by atoms with Gasteiger partial charge in [-0.3, -0.25) is 24.6 Å². The number of rotatable bonds is 5. The largest absolute Gasteiger partial charge is 0.294 e. The van der Waals surface area contributed by atoms with Crippen molar-refractivity contribution < 1.29 is 18.8 Å². The maximum Gasteiger partial charge on any atom is 0.243 e. The first-order valence-electron chi connectivity index (χ1n) is 6.84. The normalized spacial score (nSPS) is 19.4. The molecule has 1 aromatic carbocycles. The van der Waals surface area contributed by atoms with Crippen LogP contribution in [0.25, 0.3) is 0 Å². The number of carbonyl (C=O) groups is 3. The molecule has 0 spiro atoms. The van der Waals surface area contributed by atoms with Crippen molar-refractivity contribution in [2.45, 2.75) is 25.8 Å². The van der Waals surface area contributed by atoms with Crippen LogP contribution >= 0.6 is 0 Å². The molecule has 5 nitrogen and oxygen atoms in total. The summed E-state index contributed by atoms with van der Waals surface area (Å²) in [5, 5.41) is 2.27. The SMILES string of the molecule is CC1C(=O)NC(=O)CN1CCCC(=O)c1ccc(F)cc1. The molecule has 0 saturated carbocycles. The Labute approximate surface area is 122 Å². The zero-order chi connectivity index (χ0) is 15.4. The average Bonchev–Trinajstić information content (AvgIpc) is 2.44. The number of nitrogens with one attached hydrogen (secondary N) is 1. The predicted molar refractivity (Wildman–Crippen MR) is 74.1 cm³/mol. The average molecular weight is 292 g/mol. The van der Waals surface area contributed by atoms with E-state index in [9.17, 15) is 18.8 Å². The van der Waals surface area contributed by atoms with Crippen LogP contribution in [-0.4, -0.2) is 41.6 Å². The van der Waals surface area contributed by atoms with Crippen molar-refractivity contribution in [3.63, 3.8) is 0 Å². The van der Waals surface area contributed by atoms with Crippen LogP contribution < -0.4 is 5.32 Å². The number of hydrogen-bond acceptors (Lipinski definition) is 4. The molecule has 0 aliphatic carbocycles. The van der Waals surface area contributed by atoms with E-state index in [4.69, 9.17) is 0 Å². The number of nitrogens with zero attached hydrogens (tertiary/aromatic N) is 1. The van der Waals surface area contributed by atoms with Crippen LogP contribution in [0.4, 0.5) is 4.39 Å². The third-order valence-corrected chi connectivity index (χ3v) is 3.55. The fourth-order valence-electron chi connectivity index (χ4n) is 2.26. The molecule has 21 heavy (non-hydrogen) atoms. The van der Waals surface area contributed by atoms with Crippen molar-refractivity contribution in [2.75, 3.05) is 13.1 Å². The van der Waals surface area contributed by atoms with Gasteiger partial charge < -0.3 is 0 Å². The minimum absolute atomic E-state index is 0.0737. The van der Waals surface area contributed by atoms with Gasteiger partial charge in [-0.1, -0.05) is 0 Å². The van der Waals surface area contributed by atoms with Crippen LogP contribution in [0.5, 0.6) is 0 Å². The first-order valence-corrected chi connectivity index (χ1v) is 6.84. The third kappa shape index (κ3) is 3.95. The number of hydrogen-bond donors (Lipinski definition) is 1. The van der Waals surface area contributed by atoms with Gasteiger partial charge >= 0.3 is 0 Å². The van der Waals surface area contributed by atoms with Gasteiger partial charge in [0.05, 0.1) is 12.6 Å². The molecule has 2 amide bonds. The molecule has 1 aliphatic heterocycles. The molecule has 1 aromatic rings. The summed E-state index contributed by atoms with van der Waals surface area (Å²) in [5.41, 5.74) is 0.469. The molecule has 0 bridgehead atoms. The summed E-state index contributed by atoms with van der Waals surface area (Å²) < 4.78 is 12.8. The molecule has 1 heterocycles. The smallest absolute Gasteiger partial charge is 0.243 e. The highest BCUT2D eigenvalue weighted by molar-refractivity contribution is 6.00. The summed E-state index contributed by atoms with van der Waals surface area (Å²) in [6, 6.07) is 5.05. The van der Waals surface area contributed by atoms with Crippen LogP contribution in [0.3, 0.4) is 0 Å². The summed E-state index contributed by atoms with van der Waals surface area (Å²) in [4.78, 5) is 36.5. The number of carbonyl (C=O) groups excluding carboxylic acids is 3. The Morgan fingerprint density at radius 1 is 1.33 bits per heavy atom. The van der Waals surface area contributed by atoms with E-state index in [0.29, 0.717) is 24.9 Å². The summed E-state index contributed by atoms with van der Waals surface area (Å²) in [7, 11) is 0. The van der Waals surface area contributed by atoms with Crippen molar-refractivity contribution in [3.05, 3.63) is 35.6 Å². The highest BCUT2D eigenvalue weighted by Crippen LogP contribution is 2.10. The molecular formula is C15H17FN2O3. The number of amides is 2. The van der Waals surface area contributed by atoms with E-state index >= 15 is 0 Å². The number of halogens is 1. The van der Waals surface area contributed by atoms with Gasteiger partial charge in [-0.2, -0.15) is 0 Å². The van der Waals surface area contributed by atoms with Crippen molar-refractivity contribution in [3.8, 4) is 0 Å². The number of imide groups is 1. The van der Waals surface area contributed by atoms with Gasteiger partial charge in [0.2, 0.25) is 11.8 Å². The fraction of sp³-hybridized carbons (Fsp3) is 0.400. The topological polar surface area (TPSA) is 66.5 Å². The van der Waals surface area contributed by atoms with E-state index < -0.39 is 0 Å².